The van der Waals surface area contributed by atoms with Crippen molar-refractivity contribution in [1.29, 1.82) is 5.26 Å². The van der Waals surface area contributed by atoms with E-state index < -0.39 is 6.43 Å². The highest BCUT2D eigenvalue weighted by molar-refractivity contribution is 9.08. The molecule has 0 aliphatic carbocycles. The van der Waals surface area contributed by atoms with Crippen LogP contribution in [0.1, 0.15) is 23.2 Å². The Kier molecular flexibility index (Phi) is 3.97. The maximum absolute atomic E-state index is 12.7. The molecule has 1 aromatic rings. The number of halogens is 3. The van der Waals surface area contributed by atoms with Gasteiger partial charge >= 0.3 is 0 Å². The molecule has 0 N–H and O–H groups in total. The van der Waals surface area contributed by atoms with Crippen molar-refractivity contribution in [2.75, 3.05) is 7.11 Å². The fourth-order valence-electron chi connectivity index (χ4n) is 1.14. The summed E-state index contributed by atoms with van der Waals surface area (Å²) in [6, 6.07) is 3.10. The highest BCUT2D eigenvalue weighted by Crippen LogP contribution is 2.32. The third-order valence-corrected chi connectivity index (χ3v) is 2.38. The van der Waals surface area contributed by atoms with E-state index in [4.69, 9.17) is 10.00 Å². The molecule has 0 amide bonds. The van der Waals surface area contributed by atoms with Crippen molar-refractivity contribution in [3.63, 3.8) is 0 Å². The van der Waals surface area contributed by atoms with Crippen LogP contribution in [0.4, 0.5) is 8.78 Å². The molecule has 80 valence electrons. The lowest BCUT2D eigenvalue weighted by molar-refractivity contribution is 0.145. The predicted octanol–water partition coefficient (Wildman–Crippen LogP) is 2.79. The lowest BCUT2D eigenvalue weighted by Crippen LogP contribution is -2.02. The average molecular weight is 277 g/mol. The van der Waals surface area contributed by atoms with Crippen molar-refractivity contribution in [3.8, 4) is 11.9 Å². The molecule has 1 heterocycles. The van der Waals surface area contributed by atoms with Gasteiger partial charge in [0.25, 0.3) is 6.43 Å². The molecule has 0 saturated carbocycles. The zero-order chi connectivity index (χ0) is 11.4. The fraction of sp³-hybridized carbons (Fsp3) is 0.333. The van der Waals surface area contributed by atoms with Crippen LogP contribution in [-0.2, 0) is 5.33 Å². The van der Waals surface area contributed by atoms with E-state index in [9.17, 15) is 8.78 Å². The summed E-state index contributed by atoms with van der Waals surface area (Å²) in [5.74, 6) is -0.196. The molecule has 6 heteroatoms. The Labute approximate surface area is 93.8 Å². The van der Waals surface area contributed by atoms with Crippen LogP contribution >= 0.6 is 15.9 Å². The minimum absolute atomic E-state index is 0.0608. The molecule has 1 aromatic heterocycles. The fourth-order valence-corrected chi connectivity index (χ4v) is 1.60. The van der Waals surface area contributed by atoms with Gasteiger partial charge in [-0.3, -0.25) is 0 Å². The van der Waals surface area contributed by atoms with Gasteiger partial charge < -0.3 is 4.74 Å². The number of hydrogen-bond donors (Lipinski definition) is 0. The quantitative estimate of drug-likeness (QED) is 0.798. The van der Waals surface area contributed by atoms with Gasteiger partial charge in [-0.15, -0.1) is 0 Å². The number of aromatic nitrogens is 1. The third kappa shape index (κ3) is 2.42. The van der Waals surface area contributed by atoms with E-state index in [1.165, 1.54) is 13.2 Å². The minimum Gasteiger partial charge on any atom is -0.481 e. The van der Waals surface area contributed by atoms with Crippen LogP contribution in [0.3, 0.4) is 0 Å². The number of ether oxygens (including phenoxy) is 1. The smallest absolute Gasteiger partial charge is 0.269 e. The first-order chi connectivity index (χ1) is 7.13. The normalized spacial score (nSPS) is 10.1. The summed E-state index contributed by atoms with van der Waals surface area (Å²) >= 11 is 3.08. The molecule has 0 atom stereocenters. The molecular formula is C9H7BrF2N2O. The van der Waals surface area contributed by atoms with Crippen LogP contribution in [0.2, 0.25) is 0 Å². The van der Waals surface area contributed by atoms with Crippen LogP contribution in [-0.4, -0.2) is 12.1 Å². The summed E-state index contributed by atoms with van der Waals surface area (Å²) < 4.78 is 30.1. The molecule has 1 rings (SSSR count). The van der Waals surface area contributed by atoms with Gasteiger partial charge in [-0.25, -0.2) is 13.8 Å². The van der Waals surface area contributed by atoms with Crippen LogP contribution in [0.15, 0.2) is 6.07 Å². The van der Waals surface area contributed by atoms with Gasteiger partial charge in [0.2, 0.25) is 5.88 Å². The molecule has 0 radical (unpaired) electrons. The SMILES string of the molecule is COc1nc(C#N)cc(CBr)c1C(F)F. The van der Waals surface area contributed by atoms with Crippen molar-refractivity contribution in [2.24, 2.45) is 0 Å². The van der Waals surface area contributed by atoms with E-state index in [2.05, 4.69) is 20.9 Å². The second-order valence-corrected chi connectivity index (χ2v) is 3.20. The maximum atomic E-state index is 12.7. The van der Waals surface area contributed by atoms with Crippen molar-refractivity contribution in [3.05, 3.63) is 22.9 Å². The van der Waals surface area contributed by atoms with Crippen molar-refractivity contribution < 1.29 is 13.5 Å². The summed E-state index contributed by atoms with van der Waals surface area (Å²) in [5, 5.41) is 8.86. The zero-order valence-corrected chi connectivity index (χ0v) is 9.38. The first-order valence-electron chi connectivity index (χ1n) is 3.96. The first kappa shape index (κ1) is 11.9. The molecule has 0 bridgehead atoms. The van der Waals surface area contributed by atoms with Crippen LogP contribution in [0.25, 0.3) is 0 Å². The third-order valence-electron chi connectivity index (χ3n) is 1.78. The van der Waals surface area contributed by atoms with E-state index >= 15 is 0 Å². The molecule has 0 unspecified atom stereocenters. The Morgan fingerprint density at radius 1 is 1.67 bits per heavy atom. The number of methoxy groups -OCH3 is 1. The first-order valence-corrected chi connectivity index (χ1v) is 5.08. The zero-order valence-electron chi connectivity index (χ0n) is 7.80. The minimum atomic E-state index is -2.67. The molecule has 0 saturated heterocycles. The molecule has 3 nitrogen and oxygen atoms in total. The lowest BCUT2D eigenvalue weighted by Gasteiger charge is -2.10. The van der Waals surface area contributed by atoms with Crippen LogP contribution < -0.4 is 4.74 Å². The molecular weight excluding hydrogens is 270 g/mol. The number of nitrogens with zero attached hydrogens (tertiary/aromatic N) is 2. The number of pyridine rings is 1. The Balaban J connectivity index is 3.41. The van der Waals surface area contributed by atoms with E-state index in [0.717, 1.165) is 0 Å². The summed E-state index contributed by atoms with van der Waals surface area (Å²) in [6.45, 7) is 0. The topological polar surface area (TPSA) is 45.9 Å². The van der Waals surface area contributed by atoms with E-state index in [0.29, 0.717) is 5.56 Å². The van der Waals surface area contributed by atoms with Crippen molar-refractivity contribution in [1.82, 2.24) is 4.98 Å². The summed E-state index contributed by atoms with van der Waals surface area (Å²) in [5.41, 5.74) is 0.104. The van der Waals surface area contributed by atoms with Gasteiger partial charge in [0.05, 0.1) is 12.7 Å². The Morgan fingerprint density at radius 2 is 2.33 bits per heavy atom. The summed E-state index contributed by atoms with van der Waals surface area (Å²) in [7, 11) is 1.24. The van der Waals surface area contributed by atoms with Gasteiger partial charge in [-0.1, -0.05) is 15.9 Å². The Morgan fingerprint density at radius 3 is 2.73 bits per heavy atom. The largest absolute Gasteiger partial charge is 0.481 e. The summed E-state index contributed by atoms with van der Waals surface area (Å²) in [4.78, 5) is 3.66. The number of rotatable bonds is 3. The highest BCUT2D eigenvalue weighted by atomic mass is 79.9. The highest BCUT2D eigenvalue weighted by Gasteiger charge is 2.20. The lowest BCUT2D eigenvalue weighted by atomic mass is 10.1. The molecule has 0 aromatic carbocycles. The monoisotopic (exact) mass is 276 g/mol. The van der Waals surface area contributed by atoms with Gasteiger partial charge in [-0.05, 0) is 11.6 Å². The second kappa shape index (κ2) is 5.03. The van der Waals surface area contributed by atoms with Gasteiger partial charge in [-0.2, -0.15) is 5.26 Å². The number of nitriles is 1. The van der Waals surface area contributed by atoms with E-state index in [1.807, 2.05) is 0 Å². The summed E-state index contributed by atoms with van der Waals surface area (Å²) in [6.07, 6.45) is -2.67. The van der Waals surface area contributed by atoms with E-state index in [1.54, 1.807) is 6.07 Å². The second-order valence-electron chi connectivity index (χ2n) is 2.64. The van der Waals surface area contributed by atoms with Crippen molar-refractivity contribution >= 4 is 15.9 Å². The van der Waals surface area contributed by atoms with Crippen molar-refractivity contribution in [2.45, 2.75) is 11.8 Å². The Hall–Kier alpha value is -1.22. The molecule has 0 spiro atoms. The van der Waals surface area contributed by atoms with Gasteiger partial charge in [0, 0.05) is 5.33 Å². The Bertz CT molecular complexity index is 379. The van der Waals surface area contributed by atoms with E-state index in [-0.39, 0.29) is 22.5 Å². The molecule has 15 heavy (non-hydrogen) atoms. The average Bonchev–Trinajstić information content (AvgIpc) is 2.26. The molecule has 0 aliphatic rings. The number of alkyl halides is 3. The maximum Gasteiger partial charge on any atom is 0.269 e. The predicted molar refractivity (Wildman–Crippen MR) is 53.1 cm³/mol. The number of hydrogen-bond acceptors (Lipinski definition) is 3. The van der Waals surface area contributed by atoms with Gasteiger partial charge in [0.1, 0.15) is 11.8 Å². The van der Waals surface area contributed by atoms with Gasteiger partial charge in [0.15, 0.2) is 0 Å². The van der Waals surface area contributed by atoms with Crippen LogP contribution in [0.5, 0.6) is 5.88 Å². The molecule has 0 fully saturated rings. The molecule has 0 aliphatic heterocycles. The standard InChI is InChI=1S/C9H7BrF2N2O/c1-15-9-7(8(11)12)5(3-10)2-6(4-13)14-9/h2,8H,3H2,1H3. The van der Waals surface area contributed by atoms with Crippen LogP contribution in [0, 0.1) is 11.3 Å².